The van der Waals surface area contributed by atoms with Crippen LogP contribution in [0.15, 0.2) is 24.3 Å². The molecule has 2 rings (SSSR count). The van der Waals surface area contributed by atoms with Crippen LogP contribution in [0.5, 0.6) is 0 Å². The average molecular weight is 276 g/mol. The number of piperidine rings is 1. The lowest BCUT2D eigenvalue weighted by Gasteiger charge is -2.38. The maximum absolute atomic E-state index is 12.9. The standard InChI is InChI=1S/C16H24N2O2/c1-13-5-4-6-14(11-13)18(2)15(19)16(12-20-3)7-9-17-10-8-16/h4-6,11,17H,7-10,12H2,1-3H3. The largest absolute Gasteiger partial charge is 0.384 e. The lowest BCUT2D eigenvalue weighted by Crippen LogP contribution is -2.50. The first-order chi connectivity index (χ1) is 9.59. The van der Waals surface area contributed by atoms with E-state index in [4.69, 9.17) is 4.74 Å². The van der Waals surface area contributed by atoms with E-state index in [9.17, 15) is 4.79 Å². The van der Waals surface area contributed by atoms with Crippen molar-refractivity contribution in [3.63, 3.8) is 0 Å². The number of benzene rings is 1. The van der Waals surface area contributed by atoms with E-state index in [1.165, 1.54) is 0 Å². The second kappa shape index (κ2) is 6.37. The van der Waals surface area contributed by atoms with Crippen LogP contribution in [0.2, 0.25) is 0 Å². The number of ether oxygens (including phenoxy) is 1. The molecule has 0 aromatic heterocycles. The highest BCUT2D eigenvalue weighted by atomic mass is 16.5. The number of nitrogens with zero attached hydrogens (tertiary/aromatic N) is 1. The van der Waals surface area contributed by atoms with Gasteiger partial charge < -0.3 is 15.0 Å². The minimum absolute atomic E-state index is 0.159. The number of hydrogen-bond donors (Lipinski definition) is 1. The van der Waals surface area contributed by atoms with Crippen molar-refractivity contribution in [3.05, 3.63) is 29.8 Å². The van der Waals surface area contributed by atoms with Crippen LogP contribution in [0.25, 0.3) is 0 Å². The van der Waals surface area contributed by atoms with E-state index in [0.29, 0.717) is 6.61 Å². The lowest BCUT2D eigenvalue weighted by atomic mass is 9.78. The van der Waals surface area contributed by atoms with Crippen LogP contribution in [0.3, 0.4) is 0 Å². The zero-order valence-electron chi connectivity index (χ0n) is 12.6. The van der Waals surface area contributed by atoms with Crippen LogP contribution in [-0.4, -0.2) is 39.8 Å². The van der Waals surface area contributed by atoms with E-state index in [0.717, 1.165) is 37.2 Å². The van der Waals surface area contributed by atoms with Crippen molar-refractivity contribution in [1.82, 2.24) is 5.32 Å². The number of hydrogen-bond acceptors (Lipinski definition) is 3. The van der Waals surface area contributed by atoms with Gasteiger partial charge in [-0.15, -0.1) is 0 Å². The van der Waals surface area contributed by atoms with Crippen molar-refractivity contribution in [2.75, 3.05) is 38.8 Å². The molecule has 1 aromatic rings. The summed E-state index contributed by atoms with van der Waals surface area (Å²) in [5.74, 6) is 0.159. The molecule has 0 spiro atoms. The van der Waals surface area contributed by atoms with Crippen LogP contribution in [0.4, 0.5) is 5.69 Å². The normalized spacial score (nSPS) is 17.8. The smallest absolute Gasteiger partial charge is 0.235 e. The molecule has 20 heavy (non-hydrogen) atoms. The van der Waals surface area contributed by atoms with Gasteiger partial charge in [-0.2, -0.15) is 0 Å². The van der Waals surface area contributed by atoms with Crippen molar-refractivity contribution >= 4 is 11.6 Å². The van der Waals surface area contributed by atoms with Crippen LogP contribution in [0.1, 0.15) is 18.4 Å². The van der Waals surface area contributed by atoms with E-state index in [1.54, 1.807) is 12.0 Å². The SMILES string of the molecule is COCC1(C(=O)N(C)c2cccc(C)c2)CCNCC1. The zero-order chi connectivity index (χ0) is 14.6. The molecule has 0 aliphatic carbocycles. The lowest BCUT2D eigenvalue weighted by molar-refractivity contribution is -0.133. The summed E-state index contributed by atoms with van der Waals surface area (Å²) in [6.45, 7) is 4.27. The van der Waals surface area contributed by atoms with E-state index in [2.05, 4.69) is 5.32 Å². The van der Waals surface area contributed by atoms with Gasteiger partial charge in [-0.1, -0.05) is 12.1 Å². The van der Waals surface area contributed by atoms with Gasteiger partial charge in [0, 0.05) is 19.8 Å². The molecule has 1 aromatic carbocycles. The van der Waals surface area contributed by atoms with Gasteiger partial charge in [-0.05, 0) is 50.6 Å². The van der Waals surface area contributed by atoms with Crippen molar-refractivity contribution < 1.29 is 9.53 Å². The number of aryl methyl sites for hydroxylation is 1. The number of rotatable bonds is 4. The van der Waals surface area contributed by atoms with Crippen LogP contribution < -0.4 is 10.2 Å². The predicted molar refractivity (Wildman–Crippen MR) is 81.0 cm³/mol. The van der Waals surface area contributed by atoms with Crippen molar-refractivity contribution in [1.29, 1.82) is 0 Å². The van der Waals surface area contributed by atoms with Crippen molar-refractivity contribution in [2.45, 2.75) is 19.8 Å². The molecule has 1 N–H and O–H groups in total. The Labute approximate surface area is 121 Å². The van der Waals surface area contributed by atoms with Crippen LogP contribution in [-0.2, 0) is 9.53 Å². The molecule has 1 saturated heterocycles. The summed E-state index contributed by atoms with van der Waals surface area (Å²) in [7, 11) is 3.53. The van der Waals surface area contributed by atoms with Gasteiger partial charge in [-0.25, -0.2) is 0 Å². The zero-order valence-corrected chi connectivity index (χ0v) is 12.6. The third-order valence-corrected chi connectivity index (χ3v) is 4.13. The van der Waals surface area contributed by atoms with Gasteiger partial charge >= 0.3 is 0 Å². The average Bonchev–Trinajstić information content (AvgIpc) is 2.47. The summed E-state index contributed by atoms with van der Waals surface area (Å²) in [6.07, 6.45) is 1.66. The van der Waals surface area contributed by atoms with Gasteiger partial charge in [0.15, 0.2) is 0 Å². The quantitative estimate of drug-likeness (QED) is 0.914. The Kier molecular flexibility index (Phi) is 4.78. The fourth-order valence-corrected chi connectivity index (χ4v) is 2.91. The van der Waals surface area contributed by atoms with Crippen LogP contribution in [0, 0.1) is 12.3 Å². The van der Waals surface area contributed by atoms with Gasteiger partial charge in [0.2, 0.25) is 5.91 Å². The topological polar surface area (TPSA) is 41.6 Å². The second-order valence-electron chi connectivity index (χ2n) is 5.67. The maximum Gasteiger partial charge on any atom is 0.235 e. The molecule has 4 heteroatoms. The highest BCUT2D eigenvalue weighted by Crippen LogP contribution is 2.33. The molecule has 0 saturated carbocycles. The predicted octanol–water partition coefficient (Wildman–Crippen LogP) is 1.97. The summed E-state index contributed by atoms with van der Waals surface area (Å²) in [5, 5.41) is 3.31. The molecule has 4 nitrogen and oxygen atoms in total. The Morgan fingerprint density at radius 2 is 2.10 bits per heavy atom. The van der Waals surface area contributed by atoms with Gasteiger partial charge in [0.1, 0.15) is 0 Å². The second-order valence-corrected chi connectivity index (χ2v) is 5.67. The Hall–Kier alpha value is -1.39. The minimum atomic E-state index is -0.390. The molecule has 0 unspecified atom stereocenters. The maximum atomic E-state index is 12.9. The third-order valence-electron chi connectivity index (χ3n) is 4.13. The van der Waals surface area contributed by atoms with E-state index < -0.39 is 5.41 Å². The fraction of sp³-hybridized carbons (Fsp3) is 0.562. The third kappa shape index (κ3) is 3.02. The molecule has 1 fully saturated rings. The summed E-state index contributed by atoms with van der Waals surface area (Å²) >= 11 is 0. The highest BCUT2D eigenvalue weighted by Gasteiger charge is 2.41. The van der Waals surface area contributed by atoms with E-state index in [-0.39, 0.29) is 5.91 Å². The first kappa shape index (κ1) is 15.0. The molecule has 0 bridgehead atoms. The molecule has 1 aliphatic rings. The fourth-order valence-electron chi connectivity index (χ4n) is 2.91. The highest BCUT2D eigenvalue weighted by molar-refractivity contribution is 5.97. The number of carbonyl (C=O) groups is 1. The monoisotopic (exact) mass is 276 g/mol. The van der Waals surface area contributed by atoms with Crippen LogP contribution >= 0.6 is 0 Å². The molecular formula is C16H24N2O2. The van der Waals surface area contributed by atoms with Gasteiger partial charge in [0.25, 0.3) is 0 Å². The number of amides is 1. The summed E-state index contributed by atoms with van der Waals surface area (Å²) < 4.78 is 5.34. The van der Waals surface area contributed by atoms with Crippen molar-refractivity contribution in [2.24, 2.45) is 5.41 Å². The Morgan fingerprint density at radius 3 is 2.70 bits per heavy atom. The number of nitrogens with one attached hydrogen (secondary N) is 1. The Bertz CT molecular complexity index is 462. The minimum Gasteiger partial charge on any atom is -0.384 e. The Balaban J connectivity index is 2.22. The summed E-state index contributed by atoms with van der Waals surface area (Å²) in [4.78, 5) is 14.7. The number of carbonyl (C=O) groups excluding carboxylic acids is 1. The van der Waals surface area contributed by atoms with E-state index >= 15 is 0 Å². The first-order valence-corrected chi connectivity index (χ1v) is 7.13. The number of methoxy groups -OCH3 is 1. The van der Waals surface area contributed by atoms with Gasteiger partial charge in [0.05, 0.1) is 12.0 Å². The molecule has 0 radical (unpaired) electrons. The molecule has 1 aliphatic heterocycles. The first-order valence-electron chi connectivity index (χ1n) is 7.13. The molecule has 1 amide bonds. The Morgan fingerprint density at radius 1 is 1.40 bits per heavy atom. The summed E-state index contributed by atoms with van der Waals surface area (Å²) in [5.41, 5.74) is 1.72. The molecule has 110 valence electrons. The van der Waals surface area contributed by atoms with Crippen molar-refractivity contribution in [3.8, 4) is 0 Å². The summed E-state index contributed by atoms with van der Waals surface area (Å²) in [6, 6.07) is 8.04. The molecule has 0 atom stereocenters. The van der Waals surface area contributed by atoms with Gasteiger partial charge in [-0.3, -0.25) is 4.79 Å². The molecular weight excluding hydrogens is 252 g/mol. The molecule has 1 heterocycles. The van der Waals surface area contributed by atoms with E-state index in [1.807, 2.05) is 38.2 Å². The number of anilines is 1.